The Bertz CT molecular complexity index is 307. The highest BCUT2D eigenvalue weighted by Crippen LogP contribution is 2.28. The maximum atomic E-state index is 6.11. The van der Waals surface area contributed by atoms with Crippen molar-refractivity contribution >= 4 is 0 Å². The molecule has 0 fully saturated rings. The predicted octanol–water partition coefficient (Wildman–Crippen LogP) is 2.66. The topological polar surface area (TPSA) is 35.2 Å². The van der Waals surface area contributed by atoms with Gasteiger partial charge in [0.2, 0.25) is 0 Å². The number of nitrogens with two attached hydrogens (primary N) is 1. The van der Waals surface area contributed by atoms with E-state index in [1.165, 1.54) is 5.56 Å². The molecule has 0 amide bonds. The highest BCUT2D eigenvalue weighted by molar-refractivity contribution is 5.40. The molecular formula is C12H19NO. The van der Waals surface area contributed by atoms with Crippen LogP contribution in [0.4, 0.5) is 0 Å². The molecule has 0 aliphatic carbocycles. The van der Waals surface area contributed by atoms with Crippen LogP contribution in [-0.2, 0) is 0 Å². The molecule has 0 heterocycles. The van der Waals surface area contributed by atoms with Crippen molar-refractivity contribution in [2.45, 2.75) is 26.8 Å². The molecule has 1 aromatic rings. The average molecular weight is 193 g/mol. The van der Waals surface area contributed by atoms with Crippen LogP contribution < -0.4 is 10.5 Å². The van der Waals surface area contributed by atoms with E-state index in [2.05, 4.69) is 26.8 Å². The Hall–Kier alpha value is -1.02. The minimum absolute atomic E-state index is 0.0881. The van der Waals surface area contributed by atoms with Gasteiger partial charge in [0.1, 0.15) is 5.75 Å². The molecule has 2 heteroatoms. The van der Waals surface area contributed by atoms with Crippen LogP contribution >= 0.6 is 0 Å². The van der Waals surface area contributed by atoms with Crippen LogP contribution in [0.15, 0.2) is 18.2 Å². The number of ether oxygens (including phenoxy) is 1. The van der Waals surface area contributed by atoms with Crippen LogP contribution in [0.1, 0.15) is 31.0 Å². The van der Waals surface area contributed by atoms with E-state index in [9.17, 15) is 0 Å². The summed E-state index contributed by atoms with van der Waals surface area (Å²) in [6.45, 7) is 6.31. The van der Waals surface area contributed by atoms with E-state index in [0.29, 0.717) is 5.92 Å². The van der Waals surface area contributed by atoms with Gasteiger partial charge in [-0.05, 0) is 30.0 Å². The van der Waals surface area contributed by atoms with Gasteiger partial charge in [-0.15, -0.1) is 0 Å². The smallest absolute Gasteiger partial charge is 0.122 e. The molecule has 0 aliphatic heterocycles. The fourth-order valence-electron chi connectivity index (χ4n) is 1.57. The summed E-state index contributed by atoms with van der Waals surface area (Å²) in [5, 5.41) is 0. The summed E-state index contributed by atoms with van der Waals surface area (Å²) < 4.78 is 5.26. The third kappa shape index (κ3) is 2.07. The van der Waals surface area contributed by atoms with Crippen LogP contribution in [0.5, 0.6) is 5.75 Å². The summed E-state index contributed by atoms with van der Waals surface area (Å²) in [5.41, 5.74) is 8.44. The monoisotopic (exact) mass is 193 g/mol. The van der Waals surface area contributed by atoms with Gasteiger partial charge in [-0.25, -0.2) is 0 Å². The Balaban J connectivity index is 3.09. The first-order chi connectivity index (χ1) is 6.57. The maximum Gasteiger partial charge on any atom is 0.122 e. The van der Waals surface area contributed by atoms with Crippen molar-refractivity contribution in [3.05, 3.63) is 29.3 Å². The van der Waals surface area contributed by atoms with E-state index >= 15 is 0 Å². The second kappa shape index (κ2) is 4.47. The highest BCUT2D eigenvalue weighted by atomic mass is 16.5. The fourth-order valence-corrected chi connectivity index (χ4v) is 1.57. The zero-order valence-electron chi connectivity index (χ0n) is 9.37. The number of rotatable bonds is 3. The molecular weight excluding hydrogens is 174 g/mol. The Morgan fingerprint density at radius 1 is 1.29 bits per heavy atom. The number of benzene rings is 1. The number of methoxy groups -OCH3 is 1. The van der Waals surface area contributed by atoms with Crippen LogP contribution in [0, 0.1) is 12.8 Å². The zero-order chi connectivity index (χ0) is 10.7. The summed E-state index contributed by atoms with van der Waals surface area (Å²) in [6.07, 6.45) is 0. The lowest BCUT2D eigenvalue weighted by molar-refractivity contribution is 0.409. The van der Waals surface area contributed by atoms with Gasteiger partial charge in [0, 0.05) is 6.04 Å². The molecule has 78 valence electrons. The summed E-state index contributed by atoms with van der Waals surface area (Å²) in [6, 6.07) is 6.11. The minimum atomic E-state index is 0.0881. The van der Waals surface area contributed by atoms with E-state index in [4.69, 9.17) is 10.5 Å². The second-order valence-electron chi connectivity index (χ2n) is 3.94. The van der Waals surface area contributed by atoms with Crippen LogP contribution in [-0.4, -0.2) is 7.11 Å². The lowest BCUT2D eigenvalue weighted by Crippen LogP contribution is -2.18. The first-order valence-electron chi connectivity index (χ1n) is 4.97. The Kier molecular flexibility index (Phi) is 3.53. The van der Waals surface area contributed by atoms with Crippen molar-refractivity contribution in [2.75, 3.05) is 7.11 Å². The zero-order valence-corrected chi connectivity index (χ0v) is 9.37. The second-order valence-corrected chi connectivity index (χ2v) is 3.94. The first kappa shape index (κ1) is 11.1. The largest absolute Gasteiger partial charge is 0.496 e. The van der Waals surface area contributed by atoms with Crippen molar-refractivity contribution < 1.29 is 4.74 Å². The Labute approximate surface area is 86.1 Å². The third-order valence-electron chi connectivity index (χ3n) is 2.62. The summed E-state index contributed by atoms with van der Waals surface area (Å²) in [4.78, 5) is 0. The van der Waals surface area contributed by atoms with Gasteiger partial charge >= 0.3 is 0 Å². The molecule has 0 spiro atoms. The van der Waals surface area contributed by atoms with Crippen molar-refractivity contribution in [1.29, 1.82) is 0 Å². The van der Waals surface area contributed by atoms with Gasteiger partial charge in [0.25, 0.3) is 0 Å². The minimum Gasteiger partial charge on any atom is -0.496 e. The normalized spacial score (nSPS) is 13.0. The summed E-state index contributed by atoms with van der Waals surface area (Å²) in [5.74, 6) is 1.36. The molecule has 1 aromatic carbocycles. The van der Waals surface area contributed by atoms with E-state index in [1.807, 2.05) is 12.1 Å². The van der Waals surface area contributed by atoms with Gasteiger partial charge < -0.3 is 10.5 Å². The molecule has 0 aliphatic rings. The predicted molar refractivity (Wildman–Crippen MR) is 59.5 cm³/mol. The van der Waals surface area contributed by atoms with Crippen LogP contribution in [0.25, 0.3) is 0 Å². The van der Waals surface area contributed by atoms with E-state index in [-0.39, 0.29) is 6.04 Å². The molecule has 1 rings (SSSR count). The molecule has 0 unspecified atom stereocenters. The van der Waals surface area contributed by atoms with Crippen molar-refractivity contribution in [3.8, 4) is 5.75 Å². The van der Waals surface area contributed by atoms with Gasteiger partial charge in [0.15, 0.2) is 0 Å². The van der Waals surface area contributed by atoms with Gasteiger partial charge in [-0.1, -0.05) is 26.0 Å². The lowest BCUT2D eigenvalue weighted by atomic mass is 9.93. The fraction of sp³-hybridized carbons (Fsp3) is 0.500. The van der Waals surface area contributed by atoms with E-state index < -0.39 is 0 Å². The Morgan fingerprint density at radius 3 is 2.43 bits per heavy atom. The molecule has 0 saturated carbocycles. The summed E-state index contributed by atoms with van der Waals surface area (Å²) >= 11 is 0. The van der Waals surface area contributed by atoms with Gasteiger partial charge in [0.05, 0.1) is 7.11 Å². The first-order valence-corrected chi connectivity index (χ1v) is 4.97. The molecule has 1 atom stereocenters. The van der Waals surface area contributed by atoms with Crippen LogP contribution in [0.2, 0.25) is 0 Å². The average Bonchev–Trinajstić information content (AvgIpc) is 2.17. The third-order valence-corrected chi connectivity index (χ3v) is 2.62. The van der Waals surface area contributed by atoms with E-state index in [1.54, 1.807) is 7.11 Å². The molecule has 2 N–H and O–H groups in total. The molecule has 0 radical (unpaired) electrons. The number of hydrogen-bond donors (Lipinski definition) is 1. The SMILES string of the molecule is COc1cccc([C@@H](N)C(C)C)c1C. The molecule has 0 saturated heterocycles. The highest BCUT2D eigenvalue weighted by Gasteiger charge is 2.14. The molecule has 0 aromatic heterocycles. The maximum absolute atomic E-state index is 6.11. The molecule has 0 bridgehead atoms. The Morgan fingerprint density at radius 2 is 1.93 bits per heavy atom. The van der Waals surface area contributed by atoms with E-state index in [0.717, 1.165) is 11.3 Å². The summed E-state index contributed by atoms with van der Waals surface area (Å²) in [7, 11) is 1.69. The van der Waals surface area contributed by atoms with Crippen LogP contribution in [0.3, 0.4) is 0 Å². The molecule has 14 heavy (non-hydrogen) atoms. The van der Waals surface area contributed by atoms with Crippen molar-refractivity contribution in [2.24, 2.45) is 11.7 Å². The lowest BCUT2D eigenvalue weighted by Gasteiger charge is -2.19. The quantitative estimate of drug-likeness (QED) is 0.801. The number of hydrogen-bond acceptors (Lipinski definition) is 2. The van der Waals surface area contributed by atoms with Gasteiger partial charge in [-0.3, -0.25) is 0 Å². The standard InChI is InChI=1S/C12H19NO/c1-8(2)12(13)10-6-5-7-11(14-4)9(10)3/h5-8,12H,13H2,1-4H3/t12-/m0/s1. The van der Waals surface area contributed by atoms with Crippen molar-refractivity contribution in [3.63, 3.8) is 0 Å². The van der Waals surface area contributed by atoms with Crippen molar-refractivity contribution in [1.82, 2.24) is 0 Å². The van der Waals surface area contributed by atoms with Gasteiger partial charge in [-0.2, -0.15) is 0 Å². The molecule has 2 nitrogen and oxygen atoms in total.